The number of aryl methyl sites for hydroxylation is 1. The molecule has 1 aromatic carbocycles. The Kier molecular flexibility index (Phi) is 5.02. The third-order valence-electron chi connectivity index (χ3n) is 2.10. The second kappa shape index (κ2) is 5.66. The molecule has 2 radical (unpaired) electrons. The van der Waals surface area contributed by atoms with Gasteiger partial charge in [-0.25, -0.2) is 0 Å². The van der Waals surface area contributed by atoms with Crippen LogP contribution >= 0.6 is 45.2 Å². The molecule has 0 spiro atoms. The SMILES string of the molecule is [B]C(I)(I)Oc1cc(NC)c(NC)cc1C. The van der Waals surface area contributed by atoms with Crippen LogP contribution in [0.25, 0.3) is 0 Å². The molecule has 16 heavy (non-hydrogen) atoms. The fourth-order valence-corrected chi connectivity index (χ4v) is 1.83. The van der Waals surface area contributed by atoms with Crippen LogP contribution in [0.1, 0.15) is 5.56 Å². The van der Waals surface area contributed by atoms with Crippen LogP contribution in [0.2, 0.25) is 0 Å². The maximum Gasteiger partial charge on any atom is 0.161 e. The van der Waals surface area contributed by atoms with E-state index in [-0.39, 0.29) is 0 Å². The Morgan fingerprint density at radius 2 is 1.69 bits per heavy atom. The molecule has 6 heteroatoms. The molecule has 1 rings (SSSR count). The molecule has 2 N–H and O–H groups in total. The van der Waals surface area contributed by atoms with Crippen LogP contribution < -0.4 is 15.4 Å². The second-order valence-electron chi connectivity index (χ2n) is 3.33. The molecule has 0 atom stereocenters. The van der Waals surface area contributed by atoms with Gasteiger partial charge in [0.1, 0.15) is 5.75 Å². The summed E-state index contributed by atoms with van der Waals surface area (Å²) in [5.74, 6) is 0.787. The van der Waals surface area contributed by atoms with E-state index in [1.165, 1.54) is 0 Å². The fraction of sp³-hybridized carbons (Fsp3) is 0.400. The highest BCUT2D eigenvalue weighted by Crippen LogP contribution is 2.35. The zero-order valence-corrected chi connectivity index (χ0v) is 13.7. The smallest absolute Gasteiger partial charge is 0.161 e. The number of nitrogens with one attached hydrogen (secondary N) is 2. The molecular formula is C10H13BI2N2O. The normalized spacial score (nSPS) is 11.1. The molecule has 0 saturated carbocycles. The maximum atomic E-state index is 5.81. The zero-order valence-electron chi connectivity index (χ0n) is 9.40. The fourth-order valence-electron chi connectivity index (χ4n) is 1.36. The lowest BCUT2D eigenvalue weighted by Crippen LogP contribution is -2.20. The number of halogens is 2. The molecule has 0 aliphatic rings. The van der Waals surface area contributed by atoms with E-state index >= 15 is 0 Å². The summed E-state index contributed by atoms with van der Waals surface area (Å²) in [6, 6.07) is 3.97. The van der Waals surface area contributed by atoms with Gasteiger partial charge in [0.15, 0.2) is 9.36 Å². The van der Waals surface area contributed by atoms with Gasteiger partial charge in [-0.05, 0) is 63.7 Å². The van der Waals surface area contributed by atoms with E-state index in [0.717, 1.165) is 22.7 Å². The van der Waals surface area contributed by atoms with Crippen molar-refractivity contribution in [3.05, 3.63) is 17.7 Å². The minimum absolute atomic E-state index is 0.730. The molecule has 0 heterocycles. The predicted octanol–water partition coefficient (Wildman–Crippen LogP) is 3.11. The van der Waals surface area contributed by atoms with Gasteiger partial charge in [0, 0.05) is 20.2 Å². The van der Waals surface area contributed by atoms with Crippen molar-refractivity contribution in [3.63, 3.8) is 0 Å². The maximum absolute atomic E-state index is 5.81. The largest absolute Gasteiger partial charge is 0.477 e. The van der Waals surface area contributed by atoms with Gasteiger partial charge in [-0.15, -0.1) is 0 Å². The van der Waals surface area contributed by atoms with Crippen LogP contribution in [-0.4, -0.2) is 23.5 Å². The molecule has 3 nitrogen and oxygen atoms in total. The van der Waals surface area contributed by atoms with Crippen LogP contribution in [0.5, 0.6) is 5.75 Å². The Morgan fingerprint density at radius 3 is 2.12 bits per heavy atom. The number of ether oxygens (including phenoxy) is 1. The van der Waals surface area contributed by atoms with Gasteiger partial charge < -0.3 is 15.4 Å². The summed E-state index contributed by atoms with van der Waals surface area (Å²) >= 11 is 4.09. The van der Waals surface area contributed by atoms with Crippen LogP contribution in [-0.2, 0) is 0 Å². The van der Waals surface area contributed by atoms with Crippen molar-refractivity contribution in [1.82, 2.24) is 0 Å². The summed E-state index contributed by atoms with van der Waals surface area (Å²) in [6.07, 6.45) is 0. The number of benzene rings is 1. The van der Waals surface area contributed by atoms with Gasteiger partial charge >= 0.3 is 0 Å². The van der Waals surface area contributed by atoms with Crippen molar-refractivity contribution >= 4 is 64.4 Å². The first kappa shape index (κ1) is 14.2. The lowest BCUT2D eigenvalue weighted by molar-refractivity contribution is 0.357. The molecule has 1 aromatic rings. The van der Waals surface area contributed by atoms with Gasteiger partial charge in [-0.3, -0.25) is 0 Å². The topological polar surface area (TPSA) is 33.3 Å². The standard InChI is InChI=1S/C10H13BI2N2O/c1-6-4-7(14-2)8(15-3)5-9(6)16-10(11,12)13/h4-5,14-15H,1-3H3. The van der Waals surface area contributed by atoms with Gasteiger partial charge in [-0.2, -0.15) is 0 Å². The first-order chi connectivity index (χ1) is 7.37. The Labute approximate surface area is 125 Å². The van der Waals surface area contributed by atoms with Gasteiger partial charge in [0.2, 0.25) is 0 Å². The average molecular weight is 442 g/mol. The van der Waals surface area contributed by atoms with E-state index in [9.17, 15) is 0 Å². The molecule has 86 valence electrons. The van der Waals surface area contributed by atoms with E-state index in [0.29, 0.717) is 0 Å². The first-order valence-corrected chi connectivity index (χ1v) is 6.89. The minimum Gasteiger partial charge on any atom is -0.477 e. The quantitative estimate of drug-likeness (QED) is 0.428. The summed E-state index contributed by atoms with van der Waals surface area (Å²) in [5.41, 5.74) is 3.07. The number of rotatable bonds is 4. The Hall–Kier alpha value is 0.145. The second-order valence-corrected chi connectivity index (χ2v) is 8.60. The molecule has 0 fully saturated rings. The van der Waals surface area contributed by atoms with E-state index < -0.39 is 1.51 Å². The first-order valence-electron chi connectivity index (χ1n) is 4.73. The highest BCUT2D eigenvalue weighted by molar-refractivity contribution is 14.2. The van der Waals surface area contributed by atoms with Crippen molar-refractivity contribution in [2.24, 2.45) is 0 Å². The number of hydrogen-bond acceptors (Lipinski definition) is 3. The van der Waals surface area contributed by atoms with E-state index in [1.807, 2.05) is 78.3 Å². The van der Waals surface area contributed by atoms with Crippen molar-refractivity contribution in [2.75, 3.05) is 24.7 Å². The number of alkyl halides is 2. The minimum atomic E-state index is -0.730. The highest BCUT2D eigenvalue weighted by atomic mass is 127. The van der Waals surface area contributed by atoms with Crippen LogP contribution in [0, 0.1) is 6.92 Å². The summed E-state index contributed by atoms with van der Waals surface area (Å²) in [6.45, 7) is 1.99. The molecular weight excluding hydrogens is 429 g/mol. The molecule has 0 amide bonds. The molecule has 0 saturated heterocycles. The van der Waals surface area contributed by atoms with Gasteiger partial charge in [0.25, 0.3) is 0 Å². The van der Waals surface area contributed by atoms with Crippen LogP contribution in [0.4, 0.5) is 11.4 Å². The summed E-state index contributed by atoms with van der Waals surface area (Å²) in [5, 5.41) is 6.24. The highest BCUT2D eigenvalue weighted by Gasteiger charge is 2.18. The Balaban J connectivity index is 3.11. The van der Waals surface area contributed by atoms with Gasteiger partial charge in [0.05, 0.1) is 11.4 Å². The van der Waals surface area contributed by atoms with E-state index in [2.05, 4.69) is 10.6 Å². The Morgan fingerprint density at radius 1 is 1.19 bits per heavy atom. The Bertz CT molecular complexity index is 380. The predicted molar refractivity (Wildman–Crippen MR) is 87.4 cm³/mol. The lowest BCUT2D eigenvalue weighted by atomic mass is 10.1. The van der Waals surface area contributed by atoms with Crippen molar-refractivity contribution in [1.29, 1.82) is 0 Å². The van der Waals surface area contributed by atoms with Gasteiger partial charge in [-0.1, -0.05) is 0 Å². The molecule has 0 unspecified atom stereocenters. The lowest BCUT2D eigenvalue weighted by Gasteiger charge is -2.21. The molecule has 0 aliphatic carbocycles. The zero-order chi connectivity index (χ0) is 12.3. The third kappa shape index (κ3) is 3.87. The van der Waals surface area contributed by atoms with Crippen molar-refractivity contribution < 1.29 is 4.74 Å². The monoisotopic (exact) mass is 442 g/mol. The van der Waals surface area contributed by atoms with E-state index in [1.54, 1.807) is 0 Å². The summed E-state index contributed by atoms with van der Waals surface area (Å²) in [7, 11) is 9.58. The molecule has 0 aromatic heterocycles. The molecule has 0 aliphatic heterocycles. The van der Waals surface area contributed by atoms with E-state index in [4.69, 9.17) is 12.6 Å². The third-order valence-corrected chi connectivity index (χ3v) is 2.54. The van der Waals surface area contributed by atoms with Crippen LogP contribution in [0.15, 0.2) is 12.1 Å². The van der Waals surface area contributed by atoms with Crippen molar-refractivity contribution in [2.45, 2.75) is 8.44 Å². The molecule has 0 bridgehead atoms. The summed E-state index contributed by atoms with van der Waals surface area (Å²) in [4.78, 5) is 0. The number of hydrogen-bond donors (Lipinski definition) is 2. The van der Waals surface area contributed by atoms with Crippen LogP contribution in [0.3, 0.4) is 0 Å². The number of anilines is 2. The average Bonchev–Trinajstić information content (AvgIpc) is 2.18. The summed E-state index contributed by atoms with van der Waals surface area (Å²) < 4.78 is 4.93. The van der Waals surface area contributed by atoms with Crippen molar-refractivity contribution in [3.8, 4) is 5.75 Å².